The molecule has 1 N–H and O–H groups in total. The van der Waals surface area contributed by atoms with Crippen LogP contribution >= 0.6 is 7.82 Å². The first-order valence-corrected chi connectivity index (χ1v) is 37.2. The molecule has 0 spiro atoms. The van der Waals surface area contributed by atoms with Gasteiger partial charge in [0, 0.05) is 12.8 Å². The number of phosphoric acid groups is 1. The van der Waals surface area contributed by atoms with Gasteiger partial charge in [0.15, 0.2) is 6.10 Å². The Morgan fingerprint density at radius 1 is 0.381 bits per heavy atom. The van der Waals surface area contributed by atoms with Gasteiger partial charge in [0.25, 0.3) is 0 Å². The summed E-state index contributed by atoms with van der Waals surface area (Å²) < 4.78 is 34.5. The van der Waals surface area contributed by atoms with Gasteiger partial charge in [-0.05, 0) is 51.4 Å². The standard InChI is InChI=1S/C74H136NO8P/c1-6-8-10-12-14-16-18-20-22-24-26-27-28-29-30-31-32-33-34-35-36-37-38-39-40-41-42-43-44-45-46-47-49-50-52-54-56-58-60-62-64-66-73(76)80-70-72(71-82-84(78,79)81-69-68-75(3,4)5)83-74(77)67-65-63-61-59-57-55-53-51-48-25-23-21-19-17-15-13-11-9-7-2/h9,11,15,17,21,23,48,51,55,57,61,63,72H,6-8,10,12-14,16,18-20,22,24-47,49-50,52-54,56,58-60,62,64-71H2,1-5H3/p+1/b11-9-,17-15-,23-21-,51-48-,57-55-,63-61-. The number of esters is 2. The van der Waals surface area contributed by atoms with Crippen LogP contribution in [0.4, 0.5) is 0 Å². The van der Waals surface area contributed by atoms with Crippen LogP contribution in [0.1, 0.15) is 335 Å². The zero-order chi connectivity index (χ0) is 61.2. The topological polar surface area (TPSA) is 108 Å². The molecule has 0 aromatic heterocycles. The second-order valence-corrected chi connectivity index (χ2v) is 26.7. The van der Waals surface area contributed by atoms with Crippen molar-refractivity contribution in [2.24, 2.45) is 0 Å². The Balaban J connectivity index is 3.91. The van der Waals surface area contributed by atoms with Crippen molar-refractivity contribution in [1.29, 1.82) is 0 Å². The average molecular weight is 1200 g/mol. The van der Waals surface area contributed by atoms with Gasteiger partial charge in [-0.2, -0.15) is 0 Å². The monoisotopic (exact) mass is 1200 g/mol. The first-order chi connectivity index (χ1) is 41.0. The molecule has 0 saturated heterocycles. The first-order valence-electron chi connectivity index (χ1n) is 35.7. The lowest BCUT2D eigenvalue weighted by molar-refractivity contribution is -0.870. The minimum atomic E-state index is -4.41. The number of hydrogen-bond donors (Lipinski definition) is 1. The Morgan fingerprint density at radius 3 is 0.988 bits per heavy atom. The number of ether oxygens (including phenoxy) is 2. The van der Waals surface area contributed by atoms with Crippen LogP contribution in [0.15, 0.2) is 72.9 Å². The molecule has 2 atom stereocenters. The molecule has 0 radical (unpaired) electrons. The largest absolute Gasteiger partial charge is 0.472 e. The molecule has 0 aromatic rings. The highest BCUT2D eigenvalue weighted by atomic mass is 31.2. The van der Waals surface area contributed by atoms with Crippen LogP contribution in [0.25, 0.3) is 0 Å². The molecule has 0 rings (SSSR count). The Labute approximate surface area is 520 Å². The quantitative estimate of drug-likeness (QED) is 0.0211. The summed E-state index contributed by atoms with van der Waals surface area (Å²) in [6, 6.07) is 0. The maximum absolute atomic E-state index is 12.8. The van der Waals surface area contributed by atoms with E-state index in [0.717, 1.165) is 57.8 Å². The van der Waals surface area contributed by atoms with E-state index in [0.29, 0.717) is 17.4 Å². The molecule has 0 aliphatic rings. The lowest BCUT2D eigenvalue weighted by Crippen LogP contribution is -2.37. The Hall–Kier alpha value is -2.55. The molecular formula is C74H137NO8P+. The van der Waals surface area contributed by atoms with E-state index in [2.05, 4.69) is 74.6 Å². The molecule has 0 fully saturated rings. The second-order valence-electron chi connectivity index (χ2n) is 25.3. The van der Waals surface area contributed by atoms with E-state index in [-0.39, 0.29) is 32.0 Å². The summed E-state index contributed by atoms with van der Waals surface area (Å²) in [4.78, 5) is 35.7. The SMILES string of the molecule is CC/C=C\C/C=C\C/C=C\C/C=C\C/C=C\C/C=C\CCC(=O)OC(COC(=O)CCCCCCCCCCCCCCCCCCCCCCCCCCCCCCCCCCCCCCCCCCC)COP(=O)(O)OCC[N+](C)(C)C. The molecule has 0 aliphatic heterocycles. The normalized spacial score (nSPS) is 13.5. The highest BCUT2D eigenvalue weighted by molar-refractivity contribution is 7.47. The highest BCUT2D eigenvalue weighted by Gasteiger charge is 2.27. The molecule has 0 saturated carbocycles. The lowest BCUT2D eigenvalue weighted by atomic mass is 10.0. The third kappa shape index (κ3) is 68.6. The molecule has 0 aromatic carbocycles. The van der Waals surface area contributed by atoms with Crippen LogP contribution in [-0.2, 0) is 32.7 Å². The molecule has 9 nitrogen and oxygen atoms in total. The van der Waals surface area contributed by atoms with Gasteiger partial charge in [-0.15, -0.1) is 0 Å². The van der Waals surface area contributed by atoms with Crippen LogP contribution < -0.4 is 0 Å². The van der Waals surface area contributed by atoms with Crippen molar-refractivity contribution < 1.29 is 42.1 Å². The molecule has 0 heterocycles. The van der Waals surface area contributed by atoms with E-state index >= 15 is 0 Å². The number of allylic oxidation sites excluding steroid dienone is 12. The summed E-state index contributed by atoms with van der Waals surface area (Å²) in [6.07, 6.45) is 87.9. The maximum Gasteiger partial charge on any atom is 0.472 e. The average Bonchev–Trinajstić information content (AvgIpc) is 3.61. The van der Waals surface area contributed by atoms with Crippen LogP contribution in [0.2, 0.25) is 0 Å². The van der Waals surface area contributed by atoms with Gasteiger partial charge < -0.3 is 18.9 Å². The van der Waals surface area contributed by atoms with E-state index in [1.54, 1.807) is 0 Å². The molecule has 10 heteroatoms. The Kier molecular flexibility index (Phi) is 62.9. The number of unbranched alkanes of at least 4 members (excludes halogenated alkanes) is 40. The van der Waals surface area contributed by atoms with Gasteiger partial charge in [0.05, 0.1) is 27.7 Å². The van der Waals surface area contributed by atoms with Gasteiger partial charge in [0.1, 0.15) is 19.8 Å². The molecule has 0 amide bonds. The van der Waals surface area contributed by atoms with Crippen molar-refractivity contribution >= 4 is 19.8 Å². The van der Waals surface area contributed by atoms with Crippen molar-refractivity contribution in [3.8, 4) is 0 Å². The van der Waals surface area contributed by atoms with Crippen LogP contribution in [0.3, 0.4) is 0 Å². The third-order valence-corrected chi connectivity index (χ3v) is 16.7. The lowest BCUT2D eigenvalue weighted by Gasteiger charge is -2.24. The third-order valence-electron chi connectivity index (χ3n) is 15.8. The summed E-state index contributed by atoms with van der Waals surface area (Å²) in [5, 5.41) is 0. The number of carbonyl (C=O) groups excluding carboxylic acids is 2. The molecular weight excluding hydrogens is 1060 g/mol. The van der Waals surface area contributed by atoms with Crippen molar-refractivity contribution in [1.82, 2.24) is 0 Å². The van der Waals surface area contributed by atoms with Crippen molar-refractivity contribution in [3.05, 3.63) is 72.9 Å². The number of nitrogens with zero attached hydrogens (tertiary/aromatic N) is 1. The zero-order valence-electron chi connectivity index (χ0n) is 55.9. The van der Waals surface area contributed by atoms with E-state index in [1.165, 1.54) is 244 Å². The number of carbonyl (C=O) groups is 2. The smallest absolute Gasteiger partial charge is 0.462 e. The first kappa shape index (κ1) is 81.5. The summed E-state index contributed by atoms with van der Waals surface area (Å²) in [6.45, 7) is 4.27. The number of phosphoric ester groups is 1. The second kappa shape index (κ2) is 64.9. The van der Waals surface area contributed by atoms with Crippen LogP contribution in [-0.4, -0.2) is 74.9 Å². The van der Waals surface area contributed by atoms with E-state index in [1.807, 2.05) is 33.3 Å². The van der Waals surface area contributed by atoms with Crippen LogP contribution in [0.5, 0.6) is 0 Å². The number of rotatable bonds is 66. The van der Waals surface area contributed by atoms with Gasteiger partial charge >= 0.3 is 19.8 Å². The zero-order valence-corrected chi connectivity index (χ0v) is 56.8. The fourth-order valence-corrected chi connectivity index (χ4v) is 11.1. The molecule has 2 unspecified atom stereocenters. The van der Waals surface area contributed by atoms with Crippen molar-refractivity contribution in [2.75, 3.05) is 47.5 Å². The fraction of sp³-hybridized carbons (Fsp3) is 0.811. The summed E-state index contributed by atoms with van der Waals surface area (Å²) in [5.74, 6) is -0.887. The van der Waals surface area contributed by atoms with Gasteiger partial charge in [-0.3, -0.25) is 18.6 Å². The predicted octanol–water partition coefficient (Wildman–Crippen LogP) is 23.2. The van der Waals surface area contributed by atoms with E-state index in [4.69, 9.17) is 18.5 Å². The Morgan fingerprint density at radius 2 is 0.679 bits per heavy atom. The van der Waals surface area contributed by atoms with Gasteiger partial charge in [0.2, 0.25) is 0 Å². The van der Waals surface area contributed by atoms with Crippen LogP contribution in [0, 0.1) is 0 Å². The van der Waals surface area contributed by atoms with E-state index in [9.17, 15) is 19.0 Å². The minimum Gasteiger partial charge on any atom is -0.462 e. The number of hydrogen-bond acceptors (Lipinski definition) is 7. The molecule has 0 aliphatic carbocycles. The summed E-state index contributed by atoms with van der Waals surface area (Å²) in [7, 11) is 1.43. The predicted molar refractivity (Wildman–Crippen MR) is 363 cm³/mol. The number of quaternary nitrogens is 1. The molecule has 0 bridgehead atoms. The summed E-state index contributed by atoms with van der Waals surface area (Å²) >= 11 is 0. The van der Waals surface area contributed by atoms with Gasteiger partial charge in [-0.1, -0.05) is 344 Å². The highest BCUT2D eigenvalue weighted by Crippen LogP contribution is 2.43. The van der Waals surface area contributed by atoms with Gasteiger partial charge in [-0.25, -0.2) is 4.57 Å². The summed E-state index contributed by atoms with van der Waals surface area (Å²) in [5.41, 5.74) is 0. The van der Waals surface area contributed by atoms with E-state index < -0.39 is 26.5 Å². The Bertz CT molecular complexity index is 1650. The minimum absolute atomic E-state index is 0.0164. The fourth-order valence-electron chi connectivity index (χ4n) is 10.3. The molecule has 490 valence electrons. The maximum atomic E-state index is 12.8. The van der Waals surface area contributed by atoms with Crippen molar-refractivity contribution in [3.63, 3.8) is 0 Å². The number of likely N-dealkylation sites (N-methyl/N-ethyl adjacent to an activating group) is 1. The van der Waals surface area contributed by atoms with Crippen molar-refractivity contribution in [2.45, 2.75) is 341 Å². The molecule has 84 heavy (non-hydrogen) atoms.